The number of amides is 1. The second-order valence-corrected chi connectivity index (χ2v) is 7.67. The van der Waals surface area contributed by atoms with Gasteiger partial charge < -0.3 is 14.4 Å². The summed E-state index contributed by atoms with van der Waals surface area (Å²) in [6.07, 6.45) is 1.03. The third kappa shape index (κ3) is 4.89. The monoisotopic (exact) mass is 401 g/mol. The molecule has 1 aliphatic heterocycles. The van der Waals surface area contributed by atoms with Crippen LogP contribution in [0.2, 0.25) is 0 Å². The van der Waals surface area contributed by atoms with Gasteiger partial charge in [-0.25, -0.2) is 0 Å². The van der Waals surface area contributed by atoms with Crippen molar-refractivity contribution in [2.45, 2.75) is 38.1 Å². The molecule has 4 nitrogen and oxygen atoms in total. The predicted molar refractivity (Wildman–Crippen MR) is 117 cm³/mol. The molecule has 0 aromatic heterocycles. The highest BCUT2D eigenvalue weighted by Gasteiger charge is 2.40. The number of likely N-dealkylation sites (tertiary alicyclic amines) is 1. The highest BCUT2D eigenvalue weighted by atomic mass is 16.5. The number of ether oxygens (including phenoxy) is 2. The van der Waals surface area contributed by atoms with Crippen LogP contribution >= 0.6 is 0 Å². The summed E-state index contributed by atoms with van der Waals surface area (Å²) >= 11 is 0. The molecule has 1 amide bonds. The van der Waals surface area contributed by atoms with E-state index >= 15 is 0 Å². The fraction of sp³-hybridized carbons (Fsp3) is 0.269. The third-order valence-corrected chi connectivity index (χ3v) is 5.63. The van der Waals surface area contributed by atoms with E-state index in [1.807, 2.05) is 53.4 Å². The van der Waals surface area contributed by atoms with E-state index in [2.05, 4.69) is 36.4 Å². The van der Waals surface area contributed by atoms with Crippen molar-refractivity contribution in [2.24, 2.45) is 0 Å². The van der Waals surface area contributed by atoms with Crippen molar-refractivity contribution in [3.63, 3.8) is 0 Å². The van der Waals surface area contributed by atoms with Gasteiger partial charge in [0, 0.05) is 6.54 Å². The highest BCUT2D eigenvalue weighted by molar-refractivity contribution is 5.80. The SMILES string of the molecule is COc1ccc(C[C@@H]2[C@@H](OCc3ccccc3)CC(=O)N2Cc2ccccc2)cc1. The van der Waals surface area contributed by atoms with E-state index in [4.69, 9.17) is 9.47 Å². The van der Waals surface area contributed by atoms with Crippen LogP contribution in [0.15, 0.2) is 84.9 Å². The zero-order chi connectivity index (χ0) is 20.8. The van der Waals surface area contributed by atoms with E-state index in [-0.39, 0.29) is 18.1 Å². The van der Waals surface area contributed by atoms with Gasteiger partial charge in [-0.05, 0) is 35.2 Å². The molecule has 1 fully saturated rings. The van der Waals surface area contributed by atoms with E-state index < -0.39 is 0 Å². The maximum absolute atomic E-state index is 12.9. The van der Waals surface area contributed by atoms with Crippen LogP contribution in [0.1, 0.15) is 23.1 Å². The second-order valence-electron chi connectivity index (χ2n) is 7.67. The molecule has 30 heavy (non-hydrogen) atoms. The predicted octanol–water partition coefficient (Wildman–Crippen LogP) is 4.62. The van der Waals surface area contributed by atoms with Gasteiger partial charge in [-0.15, -0.1) is 0 Å². The van der Waals surface area contributed by atoms with E-state index in [1.54, 1.807) is 7.11 Å². The molecule has 4 rings (SSSR count). The van der Waals surface area contributed by atoms with Gasteiger partial charge in [-0.2, -0.15) is 0 Å². The molecule has 0 aliphatic carbocycles. The van der Waals surface area contributed by atoms with Crippen LogP contribution in [-0.4, -0.2) is 30.1 Å². The van der Waals surface area contributed by atoms with E-state index in [0.29, 0.717) is 19.6 Å². The number of methoxy groups -OCH3 is 1. The van der Waals surface area contributed by atoms with Crippen molar-refractivity contribution >= 4 is 5.91 Å². The molecular formula is C26H27NO3. The smallest absolute Gasteiger partial charge is 0.225 e. The molecule has 3 aromatic carbocycles. The Labute approximate surface area is 178 Å². The molecule has 0 bridgehead atoms. The van der Waals surface area contributed by atoms with Crippen LogP contribution in [0.3, 0.4) is 0 Å². The van der Waals surface area contributed by atoms with Crippen molar-refractivity contribution in [1.29, 1.82) is 0 Å². The number of rotatable bonds is 8. The largest absolute Gasteiger partial charge is 0.497 e. The summed E-state index contributed by atoms with van der Waals surface area (Å²) in [5, 5.41) is 0. The Bertz CT molecular complexity index is 941. The molecule has 0 radical (unpaired) electrons. The average molecular weight is 402 g/mol. The maximum atomic E-state index is 12.9. The van der Waals surface area contributed by atoms with Gasteiger partial charge in [-0.1, -0.05) is 72.8 Å². The van der Waals surface area contributed by atoms with Crippen LogP contribution in [0.5, 0.6) is 5.75 Å². The first-order valence-electron chi connectivity index (χ1n) is 10.3. The fourth-order valence-electron chi connectivity index (χ4n) is 3.99. The fourth-order valence-corrected chi connectivity index (χ4v) is 3.99. The lowest BCUT2D eigenvalue weighted by atomic mass is 10.0. The van der Waals surface area contributed by atoms with Gasteiger partial charge in [0.25, 0.3) is 0 Å². The topological polar surface area (TPSA) is 38.8 Å². The first kappa shape index (κ1) is 20.2. The molecule has 1 aliphatic rings. The minimum Gasteiger partial charge on any atom is -0.497 e. The van der Waals surface area contributed by atoms with Crippen LogP contribution in [-0.2, 0) is 29.1 Å². The van der Waals surface area contributed by atoms with Crippen LogP contribution in [0.25, 0.3) is 0 Å². The molecule has 3 aromatic rings. The van der Waals surface area contributed by atoms with E-state index in [1.165, 1.54) is 5.56 Å². The number of hydrogen-bond donors (Lipinski definition) is 0. The Morgan fingerprint density at radius 1 is 0.833 bits per heavy atom. The summed E-state index contributed by atoms with van der Waals surface area (Å²) in [5.74, 6) is 0.981. The molecule has 0 unspecified atom stereocenters. The molecule has 1 heterocycles. The lowest BCUT2D eigenvalue weighted by Gasteiger charge is -2.28. The Morgan fingerprint density at radius 3 is 2.10 bits per heavy atom. The summed E-state index contributed by atoms with van der Waals surface area (Å²) in [6.45, 7) is 1.11. The van der Waals surface area contributed by atoms with Gasteiger partial charge in [0.05, 0.1) is 32.3 Å². The van der Waals surface area contributed by atoms with Gasteiger partial charge in [-0.3, -0.25) is 4.79 Å². The molecule has 154 valence electrons. The van der Waals surface area contributed by atoms with E-state index in [0.717, 1.165) is 23.3 Å². The molecule has 2 atom stereocenters. The lowest BCUT2D eigenvalue weighted by Crippen LogP contribution is -2.39. The highest BCUT2D eigenvalue weighted by Crippen LogP contribution is 2.28. The number of hydrogen-bond acceptors (Lipinski definition) is 3. The Hall–Kier alpha value is -3.11. The zero-order valence-electron chi connectivity index (χ0n) is 17.2. The maximum Gasteiger partial charge on any atom is 0.225 e. The quantitative estimate of drug-likeness (QED) is 0.553. The summed E-state index contributed by atoms with van der Waals surface area (Å²) in [4.78, 5) is 14.9. The van der Waals surface area contributed by atoms with Gasteiger partial charge >= 0.3 is 0 Å². The standard InChI is InChI=1S/C26H27NO3/c1-29-23-14-12-20(13-15-23)16-24-25(30-19-22-10-6-3-7-11-22)17-26(28)27(24)18-21-8-4-2-5-9-21/h2-15,24-25H,16-19H2,1H3/t24-,25+/m1/s1. The molecule has 0 spiro atoms. The minimum absolute atomic E-state index is 0.00480. The van der Waals surface area contributed by atoms with Crippen LogP contribution in [0, 0.1) is 0 Å². The first-order valence-corrected chi connectivity index (χ1v) is 10.3. The van der Waals surface area contributed by atoms with Crippen molar-refractivity contribution in [1.82, 2.24) is 4.90 Å². The van der Waals surface area contributed by atoms with Gasteiger partial charge in [0.1, 0.15) is 5.75 Å². The lowest BCUT2D eigenvalue weighted by molar-refractivity contribution is -0.129. The number of benzene rings is 3. The Balaban J connectivity index is 1.53. The zero-order valence-corrected chi connectivity index (χ0v) is 17.2. The first-order chi connectivity index (χ1) is 14.7. The van der Waals surface area contributed by atoms with Crippen LogP contribution in [0.4, 0.5) is 0 Å². The summed E-state index contributed by atoms with van der Waals surface area (Å²) in [5.41, 5.74) is 3.42. The summed E-state index contributed by atoms with van der Waals surface area (Å²) in [7, 11) is 1.67. The summed E-state index contributed by atoms with van der Waals surface area (Å²) < 4.78 is 11.5. The van der Waals surface area contributed by atoms with Gasteiger partial charge in [0.2, 0.25) is 5.91 Å². The van der Waals surface area contributed by atoms with Gasteiger partial charge in [0.15, 0.2) is 0 Å². The third-order valence-electron chi connectivity index (χ3n) is 5.63. The Morgan fingerprint density at radius 2 is 1.47 bits per heavy atom. The van der Waals surface area contributed by atoms with Crippen molar-refractivity contribution in [3.05, 3.63) is 102 Å². The molecule has 0 N–H and O–H groups in total. The number of nitrogens with zero attached hydrogens (tertiary/aromatic N) is 1. The molecule has 0 saturated carbocycles. The average Bonchev–Trinajstić information content (AvgIpc) is 3.08. The molecular weight excluding hydrogens is 374 g/mol. The normalized spacial score (nSPS) is 18.6. The number of carbonyl (C=O) groups excluding carboxylic acids is 1. The number of carbonyl (C=O) groups is 1. The van der Waals surface area contributed by atoms with Crippen LogP contribution < -0.4 is 4.74 Å². The molecule has 4 heteroatoms. The van der Waals surface area contributed by atoms with Crippen molar-refractivity contribution in [3.8, 4) is 5.75 Å². The second kappa shape index (κ2) is 9.59. The summed E-state index contributed by atoms with van der Waals surface area (Å²) in [6, 6.07) is 28.3. The van der Waals surface area contributed by atoms with E-state index in [9.17, 15) is 4.79 Å². The Kier molecular flexibility index (Phi) is 6.45. The molecule has 1 saturated heterocycles. The van der Waals surface area contributed by atoms with Crippen molar-refractivity contribution < 1.29 is 14.3 Å². The van der Waals surface area contributed by atoms with Crippen molar-refractivity contribution in [2.75, 3.05) is 7.11 Å². The minimum atomic E-state index is -0.136.